The Morgan fingerprint density at radius 2 is 1.10 bits per heavy atom. The number of rotatable bonds is 38. The number of carbonyl (C=O) groups is 1. The standard InChI is InChI=1S/C42H76NO7P/c1-3-5-7-9-11-13-15-17-18-19-20-21-22-24-26-28-30-32-34-37-47-39-41(40-49-51(45,46)48-38-36-43)50-42(44)35-33-31-29-27-25-23-16-14-12-10-8-6-4-2/h6,8,12-15,18-19,23,25,41H,3-5,7,9-11,16-17,20-22,24,26-40,43H2,1-2H3,(H,45,46)/b8-6-,14-12-,15-13-,19-18-,25-23-. The molecule has 0 saturated carbocycles. The van der Waals surface area contributed by atoms with Gasteiger partial charge in [0.2, 0.25) is 0 Å². The molecule has 0 radical (unpaired) electrons. The molecule has 0 bridgehead atoms. The number of phosphoric acid groups is 1. The average Bonchev–Trinajstić information content (AvgIpc) is 3.12. The van der Waals surface area contributed by atoms with Crippen molar-refractivity contribution >= 4 is 13.8 Å². The van der Waals surface area contributed by atoms with Crippen molar-refractivity contribution in [1.82, 2.24) is 0 Å². The summed E-state index contributed by atoms with van der Waals surface area (Å²) in [6.07, 6.45) is 46.7. The molecule has 0 aromatic rings. The Hall–Kier alpha value is -1.80. The van der Waals surface area contributed by atoms with Crippen molar-refractivity contribution < 1.29 is 32.8 Å². The van der Waals surface area contributed by atoms with Gasteiger partial charge in [-0.15, -0.1) is 0 Å². The van der Waals surface area contributed by atoms with Crippen LogP contribution in [0, 0.1) is 0 Å². The predicted octanol–water partition coefficient (Wildman–Crippen LogP) is 11.8. The second kappa shape index (κ2) is 39.4. The van der Waals surface area contributed by atoms with E-state index in [1.54, 1.807) is 0 Å². The monoisotopic (exact) mass is 738 g/mol. The first-order chi connectivity index (χ1) is 24.9. The third kappa shape index (κ3) is 39.2. The van der Waals surface area contributed by atoms with Crippen LogP contribution >= 0.6 is 7.82 Å². The zero-order chi connectivity index (χ0) is 37.4. The fraction of sp³-hybridized carbons (Fsp3) is 0.738. The molecular weight excluding hydrogens is 661 g/mol. The van der Waals surface area contributed by atoms with Gasteiger partial charge in [0.25, 0.3) is 0 Å². The summed E-state index contributed by atoms with van der Waals surface area (Å²) in [5.41, 5.74) is 5.36. The summed E-state index contributed by atoms with van der Waals surface area (Å²) in [7, 11) is -4.28. The van der Waals surface area contributed by atoms with Crippen molar-refractivity contribution in [2.45, 2.75) is 168 Å². The molecule has 296 valence electrons. The van der Waals surface area contributed by atoms with Gasteiger partial charge in [-0.2, -0.15) is 0 Å². The van der Waals surface area contributed by atoms with Crippen LogP contribution in [0.1, 0.15) is 162 Å². The predicted molar refractivity (Wildman–Crippen MR) is 215 cm³/mol. The van der Waals surface area contributed by atoms with Gasteiger partial charge in [-0.05, 0) is 77.0 Å². The summed E-state index contributed by atoms with van der Waals surface area (Å²) in [5, 5.41) is 0. The maximum absolute atomic E-state index is 12.5. The summed E-state index contributed by atoms with van der Waals surface area (Å²) >= 11 is 0. The van der Waals surface area contributed by atoms with Gasteiger partial charge in [-0.1, -0.05) is 139 Å². The maximum atomic E-state index is 12.5. The van der Waals surface area contributed by atoms with Gasteiger partial charge in [0.05, 0.1) is 19.8 Å². The minimum Gasteiger partial charge on any atom is -0.457 e. The highest BCUT2D eigenvalue weighted by molar-refractivity contribution is 7.47. The van der Waals surface area contributed by atoms with Gasteiger partial charge in [0.1, 0.15) is 6.10 Å². The number of allylic oxidation sites excluding steroid dienone is 10. The number of nitrogens with two attached hydrogens (primary N) is 1. The highest BCUT2D eigenvalue weighted by Crippen LogP contribution is 2.43. The largest absolute Gasteiger partial charge is 0.472 e. The molecule has 0 aliphatic carbocycles. The molecule has 0 saturated heterocycles. The number of phosphoric ester groups is 1. The Kier molecular flexibility index (Phi) is 38.0. The zero-order valence-corrected chi connectivity index (χ0v) is 33.5. The van der Waals surface area contributed by atoms with E-state index in [1.807, 2.05) is 0 Å². The van der Waals surface area contributed by atoms with E-state index in [1.165, 1.54) is 77.0 Å². The molecule has 0 heterocycles. The second-order valence-electron chi connectivity index (χ2n) is 13.1. The SMILES string of the molecule is CC/C=C\C/C=C\C/C=C\CCCCCC(=O)OC(COCCCCCCCCCC/C=C\C/C=C\CCCCCC)COP(=O)(O)OCCN. The first-order valence-electron chi connectivity index (χ1n) is 20.3. The molecule has 0 aromatic heterocycles. The molecule has 51 heavy (non-hydrogen) atoms. The quantitative estimate of drug-likeness (QED) is 0.0278. The Labute approximate surface area is 313 Å². The molecule has 2 atom stereocenters. The van der Waals surface area contributed by atoms with Crippen molar-refractivity contribution in [2.24, 2.45) is 5.73 Å². The molecule has 0 aliphatic rings. The smallest absolute Gasteiger partial charge is 0.457 e. The average molecular weight is 738 g/mol. The molecule has 0 aromatic carbocycles. The lowest BCUT2D eigenvalue weighted by Crippen LogP contribution is -2.28. The zero-order valence-electron chi connectivity index (χ0n) is 32.6. The number of hydrogen-bond acceptors (Lipinski definition) is 7. The third-order valence-corrected chi connectivity index (χ3v) is 9.15. The Morgan fingerprint density at radius 1 is 0.608 bits per heavy atom. The first kappa shape index (κ1) is 49.2. The van der Waals surface area contributed by atoms with E-state index in [-0.39, 0.29) is 38.8 Å². The van der Waals surface area contributed by atoms with Crippen LogP contribution in [0.4, 0.5) is 0 Å². The molecule has 0 aliphatic heterocycles. The Morgan fingerprint density at radius 3 is 1.65 bits per heavy atom. The van der Waals surface area contributed by atoms with Crippen LogP contribution in [0.2, 0.25) is 0 Å². The summed E-state index contributed by atoms with van der Waals surface area (Å²) < 4.78 is 33.3. The molecule has 0 fully saturated rings. The van der Waals surface area contributed by atoms with Crippen LogP contribution in [0.5, 0.6) is 0 Å². The third-order valence-electron chi connectivity index (χ3n) is 8.17. The van der Waals surface area contributed by atoms with Crippen LogP contribution in [0.3, 0.4) is 0 Å². The lowest BCUT2D eigenvalue weighted by Gasteiger charge is -2.20. The number of carbonyl (C=O) groups excluding carboxylic acids is 1. The van der Waals surface area contributed by atoms with Crippen molar-refractivity contribution in [3.63, 3.8) is 0 Å². The van der Waals surface area contributed by atoms with Gasteiger partial charge < -0.3 is 20.1 Å². The lowest BCUT2D eigenvalue weighted by molar-refractivity contribution is -0.154. The maximum Gasteiger partial charge on any atom is 0.472 e. The van der Waals surface area contributed by atoms with Crippen LogP contribution in [0.25, 0.3) is 0 Å². The Balaban J connectivity index is 4.09. The highest BCUT2D eigenvalue weighted by Gasteiger charge is 2.25. The van der Waals surface area contributed by atoms with Crippen molar-refractivity contribution in [3.8, 4) is 0 Å². The van der Waals surface area contributed by atoms with E-state index >= 15 is 0 Å². The van der Waals surface area contributed by atoms with Crippen molar-refractivity contribution in [3.05, 3.63) is 60.8 Å². The van der Waals surface area contributed by atoms with E-state index in [9.17, 15) is 14.3 Å². The lowest BCUT2D eigenvalue weighted by atomic mass is 10.1. The molecular formula is C42H76NO7P. The summed E-state index contributed by atoms with van der Waals surface area (Å²) in [5.74, 6) is -0.364. The second-order valence-corrected chi connectivity index (χ2v) is 14.6. The van der Waals surface area contributed by atoms with Crippen LogP contribution in [-0.4, -0.2) is 49.9 Å². The highest BCUT2D eigenvalue weighted by atomic mass is 31.2. The summed E-state index contributed by atoms with van der Waals surface area (Å²) in [6.45, 7) is 4.72. The summed E-state index contributed by atoms with van der Waals surface area (Å²) in [4.78, 5) is 22.4. The number of ether oxygens (including phenoxy) is 2. The van der Waals surface area contributed by atoms with Gasteiger partial charge in [-0.25, -0.2) is 4.57 Å². The topological polar surface area (TPSA) is 117 Å². The van der Waals surface area contributed by atoms with Gasteiger partial charge in [0, 0.05) is 19.6 Å². The van der Waals surface area contributed by atoms with Gasteiger partial charge in [-0.3, -0.25) is 13.8 Å². The molecule has 8 nitrogen and oxygen atoms in total. The van der Waals surface area contributed by atoms with Crippen molar-refractivity contribution in [2.75, 3.05) is 33.0 Å². The van der Waals surface area contributed by atoms with Gasteiger partial charge >= 0.3 is 13.8 Å². The van der Waals surface area contributed by atoms with Crippen LogP contribution in [-0.2, 0) is 27.9 Å². The summed E-state index contributed by atoms with van der Waals surface area (Å²) in [6, 6.07) is 0. The molecule has 2 unspecified atom stereocenters. The fourth-order valence-electron chi connectivity index (χ4n) is 5.22. The van der Waals surface area contributed by atoms with Crippen LogP contribution in [0.15, 0.2) is 60.8 Å². The first-order valence-corrected chi connectivity index (χ1v) is 21.8. The van der Waals surface area contributed by atoms with E-state index in [4.69, 9.17) is 24.3 Å². The van der Waals surface area contributed by atoms with Crippen LogP contribution < -0.4 is 5.73 Å². The van der Waals surface area contributed by atoms with Gasteiger partial charge in [0.15, 0.2) is 0 Å². The normalized spacial score (nSPS) is 14.2. The van der Waals surface area contributed by atoms with E-state index in [0.29, 0.717) is 6.61 Å². The van der Waals surface area contributed by atoms with E-state index in [2.05, 4.69) is 74.6 Å². The number of unbranched alkanes of at least 4 members (excludes halogenated alkanes) is 15. The molecule has 0 rings (SSSR count). The van der Waals surface area contributed by atoms with Crippen molar-refractivity contribution in [1.29, 1.82) is 0 Å². The molecule has 3 N–H and O–H groups in total. The molecule has 9 heteroatoms. The number of esters is 1. The molecule has 0 spiro atoms. The number of hydrogen-bond donors (Lipinski definition) is 2. The minimum absolute atomic E-state index is 0.0917. The fourth-order valence-corrected chi connectivity index (χ4v) is 5.98. The van der Waals surface area contributed by atoms with E-state index in [0.717, 1.165) is 64.2 Å². The minimum atomic E-state index is -4.28. The molecule has 0 amide bonds. The Bertz CT molecular complexity index is 963. The van der Waals surface area contributed by atoms with E-state index < -0.39 is 13.9 Å².